The van der Waals surface area contributed by atoms with E-state index in [1.807, 2.05) is 6.07 Å². The monoisotopic (exact) mass is 506 g/mol. The molecule has 0 aliphatic rings. The summed E-state index contributed by atoms with van der Waals surface area (Å²) in [6.45, 7) is 3.22. The molecule has 2 heterocycles. The van der Waals surface area contributed by atoms with E-state index in [-0.39, 0.29) is 46.8 Å². The first-order valence-electron chi connectivity index (χ1n) is 10.7. The van der Waals surface area contributed by atoms with E-state index in [2.05, 4.69) is 32.4 Å². The smallest absolute Gasteiger partial charge is 0.271 e. The third-order valence-electron chi connectivity index (χ3n) is 5.06. The summed E-state index contributed by atoms with van der Waals surface area (Å²) in [5, 5.41) is 18.6. The normalized spacial score (nSPS) is 10.6. The molecule has 182 valence electrons. The van der Waals surface area contributed by atoms with Crippen LogP contribution >= 0.6 is 11.6 Å². The van der Waals surface area contributed by atoms with Crippen molar-refractivity contribution in [3.63, 3.8) is 0 Å². The fraction of sp³-hybridized carbons (Fsp3) is 0.0800. The van der Waals surface area contributed by atoms with Crippen molar-refractivity contribution in [2.45, 2.75) is 0 Å². The summed E-state index contributed by atoms with van der Waals surface area (Å²) in [4.78, 5) is 33.5. The number of carbonyl (C=O) groups excluding carboxylic acids is 2. The number of pyridine rings is 1. The summed E-state index contributed by atoms with van der Waals surface area (Å²) in [5.41, 5.74) is 0.978. The zero-order valence-electron chi connectivity index (χ0n) is 18.8. The number of aromatic nitrogens is 3. The second-order valence-electron chi connectivity index (χ2n) is 7.45. The first kappa shape index (κ1) is 24.7. The standard InChI is InChI=1S/C25H20ClFN6O3/c1-28-21-10-9-19(27)23(30-21)15-7-8-18(26)17(13-15)24(35)31-22-14-20(25(36)29-11-12-34)32-33(22)16-5-3-2-4-6-16/h2-10,13-14,34H,1,11-12H2,(H,29,36)(H,31,35). The van der Waals surface area contributed by atoms with Crippen molar-refractivity contribution in [3.05, 3.63) is 88.8 Å². The topological polar surface area (TPSA) is 122 Å². The number of halogens is 2. The minimum Gasteiger partial charge on any atom is -0.395 e. The average Bonchev–Trinajstić information content (AvgIpc) is 3.32. The van der Waals surface area contributed by atoms with Gasteiger partial charge in [-0.2, -0.15) is 5.10 Å². The average molecular weight is 507 g/mol. The molecule has 0 aliphatic carbocycles. The molecule has 0 bridgehead atoms. The predicted octanol–water partition coefficient (Wildman–Crippen LogP) is 4.03. The van der Waals surface area contributed by atoms with E-state index in [0.29, 0.717) is 11.3 Å². The zero-order chi connectivity index (χ0) is 25.7. The van der Waals surface area contributed by atoms with Gasteiger partial charge in [-0.1, -0.05) is 35.9 Å². The number of rotatable bonds is 8. The van der Waals surface area contributed by atoms with Crippen molar-refractivity contribution in [2.75, 3.05) is 18.5 Å². The molecular formula is C25H20ClFN6O3. The molecule has 2 amide bonds. The Morgan fingerprint density at radius 3 is 2.58 bits per heavy atom. The third-order valence-corrected chi connectivity index (χ3v) is 5.39. The highest BCUT2D eigenvalue weighted by molar-refractivity contribution is 6.34. The molecule has 0 unspecified atom stereocenters. The lowest BCUT2D eigenvalue weighted by Gasteiger charge is -2.11. The Morgan fingerprint density at radius 2 is 1.86 bits per heavy atom. The van der Waals surface area contributed by atoms with Crippen LogP contribution in [0.25, 0.3) is 16.9 Å². The Balaban J connectivity index is 1.70. The minimum atomic E-state index is -0.611. The maximum atomic E-state index is 14.5. The van der Waals surface area contributed by atoms with Crippen molar-refractivity contribution in [2.24, 2.45) is 4.99 Å². The quantitative estimate of drug-likeness (QED) is 0.311. The summed E-state index contributed by atoms with van der Waals surface area (Å²) in [6, 6.07) is 17.3. The largest absolute Gasteiger partial charge is 0.395 e. The number of aliphatic hydroxyl groups is 1. The molecule has 0 saturated carbocycles. The van der Waals surface area contributed by atoms with Crippen LogP contribution in [0.5, 0.6) is 0 Å². The van der Waals surface area contributed by atoms with Gasteiger partial charge in [-0.3, -0.25) is 9.59 Å². The molecule has 2 aromatic heterocycles. The summed E-state index contributed by atoms with van der Waals surface area (Å²) in [5.74, 6) is -1.31. The third kappa shape index (κ3) is 5.29. The van der Waals surface area contributed by atoms with E-state index < -0.39 is 17.6 Å². The molecule has 0 spiro atoms. The maximum absolute atomic E-state index is 14.5. The fourth-order valence-electron chi connectivity index (χ4n) is 3.36. The minimum absolute atomic E-state index is 0.0113. The Bertz CT molecular complexity index is 1440. The van der Waals surface area contributed by atoms with Crippen molar-refractivity contribution in [1.82, 2.24) is 20.1 Å². The summed E-state index contributed by atoms with van der Waals surface area (Å²) >= 11 is 6.30. The summed E-state index contributed by atoms with van der Waals surface area (Å²) in [6.07, 6.45) is 0. The molecule has 11 heteroatoms. The van der Waals surface area contributed by atoms with Crippen molar-refractivity contribution < 1.29 is 19.1 Å². The lowest BCUT2D eigenvalue weighted by molar-refractivity contribution is 0.0938. The number of anilines is 1. The Labute approximate surface area is 210 Å². The van der Waals surface area contributed by atoms with E-state index in [1.165, 1.54) is 41.1 Å². The molecule has 36 heavy (non-hydrogen) atoms. The van der Waals surface area contributed by atoms with Crippen LogP contribution in [-0.2, 0) is 0 Å². The van der Waals surface area contributed by atoms with Crippen molar-refractivity contribution in [3.8, 4) is 16.9 Å². The van der Waals surface area contributed by atoms with E-state index in [1.54, 1.807) is 24.3 Å². The summed E-state index contributed by atoms with van der Waals surface area (Å²) in [7, 11) is 0. The van der Waals surface area contributed by atoms with Crippen molar-refractivity contribution in [1.29, 1.82) is 0 Å². The van der Waals surface area contributed by atoms with Crippen LogP contribution in [0.3, 0.4) is 0 Å². The van der Waals surface area contributed by atoms with Crippen LogP contribution < -0.4 is 10.6 Å². The van der Waals surface area contributed by atoms with E-state index in [9.17, 15) is 14.0 Å². The second kappa shape index (κ2) is 10.9. The Hall–Kier alpha value is -4.41. The molecule has 4 rings (SSSR count). The number of benzene rings is 2. The van der Waals surface area contributed by atoms with Gasteiger partial charge in [0.05, 0.1) is 22.9 Å². The number of carbonyl (C=O) groups is 2. The zero-order valence-corrected chi connectivity index (χ0v) is 19.5. The van der Waals surface area contributed by atoms with Crippen LogP contribution in [0.15, 0.2) is 71.7 Å². The Kier molecular flexibility index (Phi) is 7.47. The van der Waals surface area contributed by atoms with Gasteiger partial charge >= 0.3 is 0 Å². The van der Waals surface area contributed by atoms with Gasteiger partial charge in [-0.25, -0.2) is 19.0 Å². The second-order valence-corrected chi connectivity index (χ2v) is 7.86. The fourth-order valence-corrected chi connectivity index (χ4v) is 3.56. The van der Waals surface area contributed by atoms with Gasteiger partial charge in [0, 0.05) is 18.2 Å². The molecule has 3 N–H and O–H groups in total. The van der Waals surface area contributed by atoms with Gasteiger partial charge < -0.3 is 15.7 Å². The first-order chi connectivity index (χ1) is 17.4. The molecular weight excluding hydrogens is 487 g/mol. The van der Waals surface area contributed by atoms with Crippen LogP contribution in [0, 0.1) is 5.82 Å². The van der Waals surface area contributed by atoms with Gasteiger partial charge in [0.25, 0.3) is 11.8 Å². The molecule has 9 nitrogen and oxygen atoms in total. The van der Waals surface area contributed by atoms with Gasteiger partial charge in [0.15, 0.2) is 11.5 Å². The molecule has 0 fully saturated rings. The predicted molar refractivity (Wildman–Crippen MR) is 135 cm³/mol. The summed E-state index contributed by atoms with van der Waals surface area (Å²) < 4.78 is 15.8. The SMILES string of the molecule is C=Nc1ccc(F)c(-c2ccc(Cl)c(C(=O)Nc3cc(C(=O)NCCO)nn3-c3ccccc3)c2)n1. The first-order valence-corrected chi connectivity index (χ1v) is 11.1. The molecule has 4 aromatic rings. The number of nitrogens with one attached hydrogen (secondary N) is 2. The van der Waals surface area contributed by atoms with Crippen LogP contribution in [0.4, 0.5) is 16.0 Å². The van der Waals surface area contributed by atoms with E-state index in [0.717, 1.165) is 0 Å². The van der Waals surface area contributed by atoms with Crippen molar-refractivity contribution >= 4 is 41.8 Å². The van der Waals surface area contributed by atoms with E-state index in [4.69, 9.17) is 16.7 Å². The molecule has 2 aromatic carbocycles. The van der Waals surface area contributed by atoms with Crippen LogP contribution in [-0.4, -0.2) is 51.6 Å². The van der Waals surface area contributed by atoms with E-state index >= 15 is 0 Å². The van der Waals surface area contributed by atoms with Crippen LogP contribution in [0.2, 0.25) is 5.02 Å². The molecule has 0 atom stereocenters. The maximum Gasteiger partial charge on any atom is 0.271 e. The molecule has 0 radical (unpaired) electrons. The Morgan fingerprint density at radius 1 is 1.08 bits per heavy atom. The highest BCUT2D eigenvalue weighted by atomic mass is 35.5. The number of hydrogen-bond acceptors (Lipinski definition) is 6. The molecule has 0 aliphatic heterocycles. The number of nitrogens with zero attached hydrogens (tertiary/aromatic N) is 4. The van der Waals surface area contributed by atoms with Gasteiger partial charge in [-0.15, -0.1) is 0 Å². The number of hydrogen-bond donors (Lipinski definition) is 3. The van der Waals surface area contributed by atoms with Gasteiger partial charge in [0.1, 0.15) is 17.3 Å². The number of para-hydroxylation sites is 1. The number of aliphatic hydroxyl groups excluding tert-OH is 1. The lowest BCUT2D eigenvalue weighted by atomic mass is 10.1. The van der Waals surface area contributed by atoms with Gasteiger partial charge in [0.2, 0.25) is 0 Å². The molecule has 0 saturated heterocycles. The highest BCUT2D eigenvalue weighted by Crippen LogP contribution is 2.28. The van der Waals surface area contributed by atoms with Gasteiger partial charge in [-0.05, 0) is 43.1 Å². The number of aliphatic imine (C=N–C) groups is 1. The lowest BCUT2D eigenvalue weighted by Crippen LogP contribution is -2.26. The van der Waals surface area contributed by atoms with Crippen LogP contribution in [0.1, 0.15) is 20.8 Å². The highest BCUT2D eigenvalue weighted by Gasteiger charge is 2.20. The number of amides is 2.